The Morgan fingerprint density at radius 3 is 1.69 bits per heavy atom. The molecule has 1 heteroatoms. The Hall–Kier alpha value is -2.15. The minimum Gasteiger partial charge on any atom is -0.265 e. The summed E-state index contributed by atoms with van der Waals surface area (Å²) >= 11 is 0. The fourth-order valence-electron chi connectivity index (χ4n) is 0.726. The lowest BCUT2D eigenvalue weighted by atomic mass is 10.4. The molecule has 0 heterocycles. The maximum atomic E-state index is 4.03. The summed E-state index contributed by atoms with van der Waals surface area (Å²) in [6.07, 6.45) is 23.8. The third-order valence-electron chi connectivity index (χ3n) is 1.39. The van der Waals surface area contributed by atoms with Crippen LogP contribution in [0.5, 0.6) is 0 Å². The molecule has 0 spiro atoms. The molecule has 0 saturated heterocycles. The van der Waals surface area contributed by atoms with Gasteiger partial charge < -0.3 is 0 Å². The van der Waals surface area contributed by atoms with Crippen molar-refractivity contribution in [1.29, 1.82) is 0 Å². The van der Waals surface area contributed by atoms with Crippen molar-refractivity contribution in [2.24, 2.45) is 4.99 Å². The van der Waals surface area contributed by atoms with E-state index in [0.717, 1.165) is 0 Å². The largest absolute Gasteiger partial charge is 0.265 e. The molecule has 0 aliphatic rings. The van der Waals surface area contributed by atoms with Crippen molar-refractivity contribution < 1.29 is 0 Å². The molecule has 16 heavy (non-hydrogen) atoms. The second kappa shape index (κ2) is 12.8. The van der Waals surface area contributed by atoms with E-state index in [4.69, 9.17) is 0 Å². The molecule has 1 nitrogen and oxygen atoms in total. The van der Waals surface area contributed by atoms with Crippen LogP contribution in [-0.2, 0) is 0 Å². The second-order valence-corrected chi connectivity index (χ2v) is 2.65. The van der Waals surface area contributed by atoms with Gasteiger partial charge in [0.15, 0.2) is 0 Å². The fraction of sp³-hybridized carbons (Fsp3) is 0. The van der Waals surface area contributed by atoms with E-state index in [1.165, 1.54) is 0 Å². The Morgan fingerprint density at radius 2 is 1.06 bits per heavy atom. The van der Waals surface area contributed by atoms with Crippen molar-refractivity contribution in [3.8, 4) is 0 Å². The van der Waals surface area contributed by atoms with Gasteiger partial charge in [-0.05, 0) is 12.2 Å². The van der Waals surface area contributed by atoms with E-state index in [-0.39, 0.29) is 0 Å². The van der Waals surface area contributed by atoms with Crippen LogP contribution in [0.3, 0.4) is 0 Å². The highest BCUT2D eigenvalue weighted by Crippen LogP contribution is 1.81. The van der Waals surface area contributed by atoms with Crippen molar-refractivity contribution in [1.82, 2.24) is 0 Å². The van der Waals surface area contributed by atoms with Crippen LogP contribution in [0.25, 0.3) is 0 Å². The lowest BCUT2D eigenvalue weighted by molar-refractivity contribution is 1.59. The smallest absolute Gasteiger partial charge is 0.0267 e. The molecule has 0 fully saturated rings. The van der Waals surface area contributed by atoms with Crippen LogP contribution in [0.1, 0.15) is 0 Å². The molecule has 0 radical (unpaired) electrons. The van der Waals surface area contributed by atoms with Crippen LogP contribution >= 0.6 is 0 Å². The van der Waals surface area contributed by atoms with Crippen LogP contribution in [0.4, 0.5) is 0 Å². The zero-order valence-corrected chi connectivity index (χ0v) is 9.37. The quantitative estimate of drug-likeness (QED) is 0.443. The Bertz CT molecular complexity index is 314. The zero-order valence-electron chi connectivity index (χ0n) is 9.37. The normalized spacial score (nSPS) is 13.2. The molecule has 0 atom stereocenters. The molecular weight excluding hydrogens is 194 g/mol. The van der Waals surface area contributed by atoms with Crippen molar-refractivity contribution in [2.45, 2.75) is 0 Å². The Kier molecular flexibility index (Phi) is 11.1. The van der Waals surface area contributed by atoms with Gasteiger partial charge in [-0.2, -0.15) is 0 Å². The van der Waals surface area contributed by atoms with Crippen molar-refractivity contribution in [3.63, 3.8) is 0 Å². The van der Waals surface area contributed by atoms with E-state index in [0.29, 0.717) is 0 Å². The fourth-order valence-corrected chi connectivity index (χ4v) is 0.726. The van der Waals surface area contributed by atoms with E-state index in [2.05, 4.69) is 18.2 Å². The molecular formula is C15H17N. The summed E-state index contributed by atoms with van der Waals surface area (Å²) in [5, 5.41) is 0. The Balaban J connectivity index is 3.78. The summed E-state index contributed by atoms with van der Waals surface area (Å²) in [5.41, 5.74) is 0. The van der Waals surface area contributed by atoms with Gasteiger partial charge in [0.05, 0.1) is 0 Å². The Morgan fingerprint density at radius 1 is 0.562 bits per heavy atom. The van der Waals surface area contributed by atoms with Gasteiger partial charge in [0.1, 0.15) is 0 Å². The van der Waals surface area contributed by atoms with Crippen LogP contribution in [0.2, 0.25) is 0 Å². The molecule has 0 aromatic carbocycles. The predicted molar refractivity (Wildman–Crippen MR) is 74.6 cm³/mol. The third kappa shape index (κ3) is 11.8. The van der Waals surface area contributed by atoms with Gasteiger partial charge >= 0.3 is 0 Å². The molecule has 0 amide bonds. The predicted octanol–water partition coefficient (Wildman–Crippen LogP) is 4.17. The van der Waals surface area contributed by atoms with Crippen LogP contribution in [0, 0.1) is 0 Å². The molecule has 0 unspecified atom stereocenters. The summed E-state index contributed by atoms with van der Waals surface area (Å²) in [6, 6.07) is 0. The maximum absolute atomic E-state index is 4.03. The van der Waals surface area contributed by atoms with Gasteiger partial charge in [-0.3, -0.25) is 4.99 Å². The molecule has 0 aromatic rings. The summed E-state index contributed by atoms with van der Waals surface area (Å²) < 4.78 is 0. The Labute approximate surface area is 97.9 Å². The summed E-state index contributed by atoms with van der Waals surface area (Å²) in [6.45, 7) is 7.13. The van der Waals surface area contributed by atoms with Gasteiger partial charge in [0, 0.05) is 12.4 Å². The number of hydrogen-bond acceptors (Lipinski definition) is 1. The molecule has 0 bridgehead atoms. The molecule has 0 saturated carbocycles. The summed E-state index contributed by atoms with van der Waals surface area (Å²) in [5.74, 6) is 0. The molecule has 0 aliphatic heterocycles. The average molecular weight is 211 g/mol. The lowest BCUT2D eigenvalue weighted by Gasteiger charge is -1.74. The summed E-state index contributed by atoms with van der Waals surface area (Å²) in [7, 11) is 0. The van der Waals surface area contributed by atoms with E-state index in [9.17, 15) is 0 Å². The van der Waals surface area contributed by atoms with Crippen molar-refractivity contribution in [2.75, 3.05) is 0 Å². The molecule has 0 N–H and O–H groups in total. The number of rotatable bonds is 7. The van der Waals surface area contributed by atoms with Crippen LogP contribution < -0.4 is 0 Å². The van der Waals surface area contributed by atoms with E-state index < -0.39 is 0 Å². The number of aliphatic imine (C=N–C) groups is 1. The minimum absolute atomic E-state index is 1.71. The first-order valence-electron chi connectivity index (χ1n) is 5.00. The van der Waals surface area contributed by atoms with Gasteiger partial charge in [-0.1, -0.05) is 67.8 Å². The van der Waals surface area contributed by atoms with Crippen LogP contribution in [-0.4, -0.2) is 6.21 Å². The highest BCUT2D eigenvalue weighted by atomic mass is 14.6. The van der Waals surface area contributed by atoms with Crippen molar-refractivity contribution in [3.05, 3.63) is 86.2 Å². The van der Waals surface area contributed by atoms with Gasteiger partial charge in [0.25, 0.3) is 0 Å². The second-order valence-electron chi connectivity index (χ2n) is 2.65. The molecule has 0 aliphatic carbocycles. The third-order valence-corrected chi connectivity index (χ3v) is 1.39. The van der Waals surface area contributed by atoms with E-state index in [1.54, 1.807) is 24.6 Å². The SMILES string of the molecule is C=C\C=C/C=C\C=C/C=N\C=C/C=C\C=C. The molecule has 0 rings (SSSR count). The van der Waals surface area contributed by atoms with Gasteiger partial charge in [0.2, 0.25) is 0 Å². The van der Waals surface area contributed by atoms with Gasteiger partial charge in [-0.15, -0.1) is 0 Å². The number of hydrogen-bond donors (Lipinski definition) is 0. The highest BCUT2D eigenvalue weighted by Gasteiger charge is 1.63. The topological polar surface area (TPSA) is 12.4 Å². The highest BCUT2D eigenvalue weighted by molar-refractivity contribution is 5.72. The molecule has 0 aromatic heterocycles. The monoisotopic (exact) mass is 211 g/mol. The number of allylic oxidation sites excluding steroid dienone is 11. The van der Waals surface area contributed by atoms with Crippen LogP contribution in [0.15, 0.2) is 91.2 Å². The summed E-state index contributed by atoms with van der Waals surface area (Å²) in [4.78, 5) is 4.03. The van der Waals surface area contributed by atoms with E-state index in [1.807, 2.05) is 54.7 Å². The first kappa shape index (κ1) is 13.8. The maximum Gasteiger partial charge on any atom is 0.0267 e. The van der Waals surface area contributed by atoms with E-state index >= 15 is 0 Å². The number of nitrogens with zero attached hydrogens (tertiary/aromatic N) is 1. The molecule has 82 valence electrons. The lowest BCUT2D eigenvalue weighted by Crippen LogP contribution is -1.60. The van der Waals surface area contributed by atoms with Gasteiger partial charge in [-0.25, -0.2) is 0 Å². The standard InChI is InChI=1S/C15H17N/c1-3-5-7-9-10-11-13-15-16-14-12-8-6-4-2/h3-15H,1-2H2/b7-5-,8-6-,10-9-,13-11-,14-12-,16-15-. The first-order valence-corrected chi connectivity index (χ1v) is 5.00. The first-order chi connectivity index (χ1) is 7.91. The zero-order chi connectivity index (χ0) is 11.9. The average Bonchev–Trinajstić information content (AvgIpc) is 2.31. The van der Waals surface area contributed by atoms with Crippen molar-refractivity contribution >= 4 is 6.21 Å². The minimum atomic E-state index is 1.71.